The fourth-order valence-electron chi connectivity index (χ4n) is 6.36. The van der Waals surface area contributed by atoms with Crippen molar-refractivity contribution in [3.05, 3.63) is 70.5 Å². The maximum absolute atomic E-state index is 13.5. The van der Waals surface area contributed by atoms with Gasteiger partial charge >= 0.3 is 12.3 Å². The van der Waals surface area contributed by atoms with Gasteiger partial charge in [0.05, 0.1) is 23.4 Å². The van der Waals surface area contributed by atoms with Gasteiger partial charge in [0.25, 0.3) is 0 Å². The molecule has 7 rings (SSSR count). The maximum Gasteiger partial charge on any atom is 0.573 e. The molecule has 4 aliphatic rings. The van der Waals surface area contributed by atoms with E-state index in [1.54, 1.807) is 24.3 Å². The molecular formula is C32H30ClF3N2O5. The molecule has 1 heterocycles. The van der Waals surface area contributed by atoms with Crippen molar-refractivity contribution in [2.24, 2.45) is 10.8 Å². The van der Waals surface area contributed by atoms with Gasteiger partial charge in [0, 0.05) is 22.5 Å². The molecular weight excluding hydrogens is 585 g/mol. The number of aromatic nitrogens is 1. The number of allylic oxidation sites excluding steroid dienone is 1. The highest BCUT2D eigenvalue weighted by molar-refractivity contribution is 6.34. The number of methoxy groups -OCH3 is 1. The third kappa shape index (κ3) is 5.89. The second-order valence-electron chi connectivity index (χ2n) is 11.7. The number of rotatable bonds is 8. The number of carbonyl (C=O) groups excluding carboxylic acids is 2. The second-order valence-corrected chi connectivity index (χ2v) is 12.2. The van der Waals surface area contributed by atoms with Crippen LogP contribution in [-0.2, 0) is 9.53 Å². The zero-order valence-electron chi connectivity index (χ0n) is 23.4. The van der Waals surface area contributed by atoms with Gasteiger partial charge in [0.1, 0.15) is 17.2 Å². The topological polar surface area (TPSA) is 90.7 Å². The summed E-state index contributed by atoms with van der Waals surface area (Å²) in [6.07, 6.45) is 5.57. The minimum Gasteiger partial charge on any atom is -0.465 e. The van der Waals surface area contributed by atoms with E-state index in [-0.39, 0.29) is 33.6 Å². The molecule has 0 unspecified atom stereocenters. The molecule has 11 heteroatoms. The number of halogens is 4. The molecule has 0 spiro atoms. The van der Waals surface area contributed by atoms with Crippen LogP contribution in [0.2, 0.25) is 5.02 Å². The summed E-state index contributed by atoms with van der Waals surface area (Å²) in [5.41, 5.74) is 1.30. The Bertz CT molecular complexity index is 1570. The van der Waals surface area contributed by atoms with E-state index in [0.717, 1.165) is 32.1 Å². The highest BCUT2D eigenvalue weighted by Gasteiger charge is 2.51. The molecule has 0 atom stereocenters. The molecule has 1 amide bonds. The molecule has 4 saturated carbocycles. The van der Waals surface area contributed by atoms with Crippen molar-refractivity contribution in [3.8, 4) is 17.0 Å². The molecule has 0 saturated heterocycles. The van der Waals surface area contributed by atoms with Gasteiger partial charge < -0.3 is 19.3 Å². The highest BCUT2D eigenvalue weighted by atomic mass is 35.5. The number of benzene rings is 2. The minimum absolute atomic E-state index is 0.0869. The Morgan fingerprint density at radius 3 is 2.40 bits per heavy atom. The number of anilines is 1. The van der Waals surface area contributed by atoms with Gasteiger partial charge in [0.2, 0.25) is 5.91 Å². The van der Waals surface area contributed by atoms with E-state index in [2.05, 4.69) is 21.3 Å². The molecule has 1 N–H and O–H groups in total. The largest absolute Gasteiger partial charge is 0.573 e. The Hall–Kier alpha value is -3.79. The summed E-state index contributed by atoms with van der Waals surface area (Å²) in [7, 11) is 1.29. The first kappa shape index (κ1) is 29.3. The quantitative estimate of drug-likeness (QED) is 0.256. The van der Waals surface area contributed by atoms with Crippen molar-refractivity contribution in [1.82, 2.24) is 5.16 Å². The van der Waals surface area contributed by atoms with E-state index in [1.807, 2.05) is 6.08 Å². The second kappa shape index (κ2) is 11.0. The lowest BCUT2D eigenvalue weighted by Crippen LogP contribution is -2.47. The van der Waals surface area contributed by atoms with E-state index < -0.39 is 17.7 Å². The average Bonchev–Trinajstić information content (AvgIpc) is 3.76. The first-order valence-electron chi connectivity index (χ1n) is 14.2. The fourth-order valence-corrected chi connectivity index (χ4v) is 6.59. The number of nitrogens with one attached hydrogen (secondary N) is 1. The number of carbonyl (C=O) groups is 2. The van der Waals surface area contributed by atoms with Gasteiger partial charge in [-0.15, -0.1) is 13.2 Å². The van der Waals surface area contributed by atoms with Crippen LogP contribution in [-0.4, -0.2) is 30.5 Å². The van der Waals surface area contributed by atoms with Crippen molar-refractivity contribution in [2.45, 2.75) is 63.6 Å². The van der Waals surface area contributed by atoms with Crippen LogP contribution in [0.5, 0.6) is 5.75 Å². The Kier molecular flexibility index (Phi) is 7.52. The fraction of sp³-hybridized carbons (Fsp3) is 0.406. The van der Waals surface area contributed by atoms with Crippen LogP contribution in [0.4, 0.5) is 18.9 Å². The predicted molar refractivity (Wildman–Crippen MR) is 154 cm³/mol. The van der Waals surface area contributed by atoms with Gasteiger partial charge in [-0.3, -0.25) is 4.79 Å². The number of ether oxygens (including phenoxy) is 2. The molecule has 0 radical (unpaired) electrons. The third-order valence-electron chi connectivity index (χ3n) is 9.10. The minimum atomic E-state index is -4.84. The summed E-state index contributed by atoms with van der Waals surface area (Å²) in [5, 5.41) is 7.43. The Morgan fingerprint density at radius 1 is 1.07 bits per heavy atom. The molecule has 2 aromatic carbocycles. The van der Waals surface area contributed by atoms with Crippen LogP contribution in [0.1, 0.15) is 79.0 Å². The van der Waals surface area contributed by atoms with Crippen LogP contribution < -0.4 is 10.1 Å². The molecule has 0 aliphatic heterocycles. The van der Waals surface area contributed by atoms with Gasteiger partial charge in [-0.05, 0) is 87.1 Å². The normalized spacial score (nSPS) is 23.4. The monoisotopic (exact) mass is 614 g/mol. The average molecular weight is 615 g/mol. The van der Waals surface area contributed by atoms with Crippen molar-refractivity contribution < 1.29 is 36.8 Å². The summed E-state index contributed by atoms with van der Waals surface area (Å²) in [5.74, 6) is -0.0546. The number of amides is 1. The lowest BCUT2D eigenvalue weighted by Gasteiger charge is -2.51. The van der Waals surface area contributed by atoms with Crippen molar-refractivity contribution in [1.29, 1.82) is 0 Å². The van der Waals surface area contributed by atoms with Crippen molar-refractivity contribution in [3.63, 3.8) is 0 Å². The summed E-state index contributed by atoms with van der Waals surface area (Å²) in [6, 6.07) is 10.6. The van der Waals surface area contributed by atoms with Gasteiger partial charge in [-0.25, -0.2) is 4.79 Å². The molecule has 2 bridgehead atoms. The Labute approximate surface area is 251 Å². The van der Waals surface area contributed by atoms with E-state index in [0.29, 0.717) is 47.5 Å². The van der Waals surface area contributed by atoms with E-state index in [1.165, 1.54) is 25.3 Å². The number of para-hydroxylation sites is 1. The first-order chi connectivity index (χ1) is 20.5. The summed E-state index contributed by atoms with van der Waals surface area (Å²) < 4.78 is 54.1. The smallest absolute Gasteiger partial charge is 0.465 e. The Morgan fingerprint density at radius 2 is 1.77 bits per heavy atom. The van der Waals surface area contributed by atoms with Crippen LogP contribution in [0.25, 0.3) is 17.3 Å². The number of hydrogen-bond acceptors (Lipinski definition) is 6. The Balaban J connectivity index is 1.20. The van der Waals surface area contributed by atoms with Crippen LogP contribution in [0, 0.1) is 10.8 Å². The van der Waals surface area contributed by atoms with Crippen LogP contribution in [0.3, 0.4) is 0 Å². The number of alkyl halides is 3. The number of hydrogen-bond donors (Lipinski definition) is 1. The van der Waals surface area contributed by atoms with Crippen molar-refractivity contribution >= 4 is 35.2 Å². The lowest BCUT2D eigenvalue weighted by molar-refractivity contribution is -0.274. The maximum atomic E-state index is 13.5. The number of nitrogens with zero attached hydrogens (tertiary/aromatic N) is 1. The molecule has 7 nitrogen and oxygen atoms in total. The zero-order valence-corrected chi connectivity index (χ0v) is 24.2. The first-order valence-corrected chi connectivity index (χ1v) is 14.6. The van der Waals surface area contributed by atoms with E-state index in [4.69, 9.17) is 20.9 Å². The molecule has 226 valence electrons. The lowest BCUT2D eigenvalue weighted by atomic mass is 9.53. The summed E-state index contributed by atoms with van der Waals surface area (Å²) in [4.78, 5) is 25.3. The third-order valence-corrected chi connectivity index (χ3v) is 9.41. The molecule has 3 aromatic rings. The van der Waals surface area contributed by atoms with Crippen LogP contribution >= 0.6 is 11.6 Å². The van der Waals surface area contributed by atoms with Crippen molar-refractivity contribution in [2.75, 3.05) is 12.4 Å². The SMILES string of the molecule is COC(=O)c1ccc(NC(=O)C23CCC(/C=C/c4c(-c5ccccc5OC(F)(F)F)noc4C4CC4)(CC2)CC3)c(Cl)c1. The summed E-state index contributed by atoms with van der Waals surface area (Å²) >= 11 is 6.35. The predicted octanol–water partition coefficient (Wildman–Crippen LogP) is 8.55. The van der Waals surface area contributed by atoms with Gasteiger partial charge in [-0.2, -0.15) is 0 Å². The zero-order chi connectivity index (χ0) is 30.4. The van der Waals surface area contributed by atoms with E-state index >= 15 is 0 Å². The highest BCUT2D eigenvalue weighted by Crippen LogP contribution is 2.58. The molecule has 1 aromatic heterocycles. The number of fused-ring (bicyclic) bond motifs is 3. The van der Waals surface area contributed by atoms with Gasteiger partial charge in [0.15, 0.2) is 0 Å². The molecule has 4 aliphatic carbocycles. The van der Waals surface area contributed by atoms with Gasteiger partial charge in [-0.1, -0.05) is 41.0 Å². The van der Waals surface area contributed by atoms with Crippen LogP contribution in [0.15, 0.2) is 53.1 Å². The number of esters is 1. The summed E-state index contributed by atoms with van der Waals surface area (Å²) in [6.45, 7) is 0. The molecule has 43 heavy (non-hydrogen) atoms. The standard InChI is InChI=1S/C32H30ClF3N2O5/c1-41-28(39)20-8-9-24(23(33)18-20)37-29(40)31-15-12-30(13-16-31,14-17-31)11-10-22-26(38-43-27(22)19-6-7-19)21-4-2-3-5-25(21)42-32(34,35)36/h2-5,8-11,18-19H,6-7,12-17H2,1H3,(H,37,40)/b11-10+. The van der Waals surface area contributed by atoms with E-state index in [9.17, 15) is 22.8 Å². The molecule has 4 fully saturated rings.